The van der Waals surface area contributed by atoms with Gasteiger partial charge in [0.05, 0.1) is 11.1 Å². The Hall–Kier alpha value is -4.17. The molecule has 0 saturated carbocycles. The van der Waals surface area contributed by atoms with Crippen LogP contribution in [0.3, 0.4) is 0 Å². The summed E-state index contributed by atoms with van der Waals surface area (Å²) >= 11 is 0. The van der Waals surface area contributed by atoms with Gasteiger partial charge in [-0.05, 0) is 67.1 Å². The summed E-state index contributed by atoms with van der Waals surface area (Å²) in [5.41, 5.74) is 2.25. The van der Waals surface area contributed by atoms with E-state index >= 15 is 0 Å². The van der Waals surface area contributed by atoms with Crippen LogP contribution in [0.2, 0.25) is 0 Å². The summed E-state index contributed by atoms with van der Waals surface area (Å²) in [6.45, 7) is 3.97. The predicted molar refractivity (Wildman–Crippen MR) is 165 cm³/mol. The molecule has 8 heteroatoms. The zero-order valence-electron chi connectivity index (χ0n) is 23.9. The number of hydrogen-bond acceptors (Lipinski definition) is 6. The van der Waals surface area contributed by atoms with E-state index in [9.17, 15) is 18.3 Å². The molecule has 2 heterocycles. The summed E-state index contributed by atoms with van der Waals surface area (Å²) in [5, 5.41) is 12.1. The van der Waals surface area contributed by atoms with Crippen LogP contribution in [0.1, 0.15) is 63.0 Å². The fourth-order valence-electron chi connectivity index (χ4n) is 5.86. The Kier molecular flexibility index (Phi) is 8.64. The molecule has 0 bridgehead atoms. The van der Waals surface area contributed by atoms with Gasteiger partial charge in [0.2, 0.25) is 0 Å². The van der Waals surface area contributed by atoms with E-state index in [4.69, 9.17) is 4.74 Å². The highest BCUT2D eigenvalue weighted by Gasteiger charge is 2.43. The quantitative estimate of drug-likeness (QED) is 0.177. The Morgan fingerprint density at radius 1 is 0.952 bits per heavy atom. The topological polar surface area (TPSA) is 106 Å². The van der Waals surface area contributed by atoms with E-state index in [-0.39, 0.29) is 22.8 Å². The number of carbonyl (C=O) groups is 1. The van der Waals surface area contributed by atoms with Crippen molar-refractivity contribution < 1.29 is 23.1 Å². The maximum Gasteiger partial charge on any atom is 0.338 e. The third-order valence-corrected chi connectivity index (χ3v) is 9.18. The number of ether oxygens (including phenoxy) is 1. The van der Waals surface area contributed by atoms with Gasteiger partial charge < -0.3 is 9.84 Å². The van der Waals surface area contributed by atoms with Crippen LogP contribution in [0.5, 0.6) is 0 Å². The lowest BCUT2D eigenvalue weighted by Gasteiger charge is -2.38. The normalized spacial score (nSPS) is 18.1. The van der Waals surface area contributed by atoms with Crippen LogP contribution in [-0.4, -0.2) is 30.1 Å². The van der Waals surface area contributed by atoms with E-state index in [1.165, 1.54) is 6.07 Å². The first-order valence-corrected chi connectivity index (χ1v) is 15.9. The van der Waals surface area contributed by atoms with Crippen molar-refractivity contribution in [3.05, 3.63) is 113 Å². The lowest BCUT2D eigenvalue weighted by molar-refractivity contribution is -0.161. The second-order valence-corrected chi connectivity index (χ2v) is 12.5. The van der Waals surface area contributed by atoms with Crippen molar-refractivity contribution in [2.24, 2.45) is 0 Å². The smallest absolute Gasteiger partial charge is 0.338 e. The highest BCUT2D eigenvalue weighted by molar-refractivity contribution is 7.92. The molecule has 0 saturated heterocycles. The van der Waals surface area contributed by atoms with Gasteiger partial charge in [-0.2, -0.15) is 8.42 Å². The fourth-order valence-corrected chi connectivity index (χ4v) is 6.86. The van der Waals surface area contributed by atoms with Crippen molar-refractivity contribution in [2.45, 2.75) is 68.9 Å². The number of sulfonamides is 1. The number of carbonyl (C=O) groups excluding carboxylic acids is 1. The number of aryl methyl sites for hydroxylation is 1. The van der Waals surface area contributed by atoms with Gasteiger partial charge in [-0.1, -0.05) is 80.9 Å². The average Bonchev–Trinajstić information content (AvgIpc) is 2.98. The molecule has 2 N–H and O–H groups in total. The number of benzene rings is 3. The molecule has 0 spiro atoms. The predicted octanol–water partition coefficient (Wildman–Crippen LogP) is 7.46. The zero-order valence-corrected chi connectivity index (χ0v) is 24.7. The van der Waals surface area contributed by atoms with Crippen LogP contribution in [0.15, 0.2) is 107 Å². The maximum absolute atomic E-state index is 13.5. The monoisotopic (exact) mass is 584 g/mol. The maximum atomic E-state index is 13.5. The molecule has 7 nitrogen and oxygen atoms in total. The van der Waals surface area contributed by atoms with Gasteiger partial charge in [0.1, 0.15) is 11.4 Å². The highest BCUT2D eigenvalue weighted by atomic mass is 32.2. The van der Waals surface area contributed by atoms with E-state index < -0.39 is 27.5 Å². The number of hydrogen-bond donors (Lipinski definition) is 2. The highest BCUT2D eigenvalue weighted by Crippen LogP contribution is 2.42. The SMILES string of the molecule is CCCC1(CCc2ccccc2)CC(O)=C(C(CC)c2cccc(NS(=O)(=O)c3ccc4ccccc4n3)c2)C(=O)O1. The molecule has 0 amide bonds. The summed E-state index contributed by atoms with van der Waals surface area (Å²) in [6.07, 6.45) is 3.59. The van der Waals surface area contributed by atoms with Crippen molar-refractivity contribution in [3.63, 3.8) is 0 Å². The minimum atomic E-state index is -3.97. The first kappa shape index (κ1) is 29.3. The van der Waals surface area contributed by atoms with E-state index in [0.717, 1.165) is 23.8 Å². The van der Waals surface area contributed by atoms with Gasteiger partial charge >= 0.3 is 5.97 Å². The Labute approximate surface area is 247 Å². The molecule has 1 aliphatic rings. The number of cyclic esters (lactones) is 1. The number of esters is 1. The van der Waals surface area contributed by atoms with Gasteiger partial charge in [0, 0.05) is 23.4 Å². The molecular weight excluding hydrogens is 548 g/mol. The van der Waals surface area contributed by atoms with E-state index in [0.29, 0.717) is 36.0 Å². The number of aromatic nitrogens is 1. The molecule has 2 atom stereocenters. The number of aliphatic hydroxyl groups excluding tert-OH is 1. The molecule has 4 aromatic rings. The minimum absolute atomic E-state index is 0.0472. The minimum Gasteiger partial charge on any atom is -0.512 e. The largest absolute Gasteiger partial charge is 0.512 e. The Bertz CT molecular complexity index is 1720. The third-order valence-electron chi connectivity index (χ3n) is 7.89. The molecule has 5 rings (SSSR count). The number of nitrogens with zero attached hydrogens (tertiary/aromatic N) is 1. The van der Waals surface area contributed by atoms with Gasteiger partial charge in [0.15, 0.2) is 5.03 Å². The van der Waals surface area contributed by atoms with Crippen LogP contribution >= 0.6 is 0 Å². The number of fused-ring (bicyclic) bond motifs is 1. The summed E-state index contributed by atoms with van der Waals surface area (Å²) in [5.74, 6) is -0.932. The summed E-state index contributed by atoms with van der Waals surface area (Å²) in [7, 11) is -3.97. The van der Waals surface area contributed by atoms with Gasteiger partial charge in [-0.3, -0.25) is 4.72 Å². The van der Waals surface area contributed by atoms with E-state index in [2.05, 4.69) is 21.8 Å². The van der Waals surface area contributed by atoms with E-state index in [1.54, 1.807) is 30.3 Å². The van der Waals surface area contributed by atoms with Gasteiger partial charge in [-0.15, -0.1) is 0 Å². The molecule has 42 heavy (non-hydrogen) atoms. The van der Waals surface area contributed by atoms with E-state index in [1.807, 2.05) is 56.3 Å². The van der Waals surface area contributed by atoms with Crippen LogP contribution in [0.25, 0.3) is 10.9 Å². The van der Waals surface area contributed by atoms with Crippen LogP contribution in [0, 0.1) is 0 Å². The molecule has 1 aliphatic heterocycles. The number of anilines is 1. The standard InChI is InChI=1S/C34H36N2O5S/c1-3-20-34(21-19-24-11-6-5-7-12-24)23-30(37)32(33(38)41-34)28(4-2)26-14-10-15-27(22-26)36-42(39,40)31-18-17-25-13-8-9-16-29(25)35-31/h5-18,22,28,36-37H,3-4,19-21,23H2,1-2H3. The number of pyridine rings is 1. The van der Waals surface area contributed by atoms with Crippen molar-refractivity contribution in [3.8, 4) is 0 Å². The third kappa shape index (κ3) is 6.34. The number of para-hydroxylation sites is 1. The summed E-state index contributed by atoms with van der Waals surface area (Å²) in [4.78, 5) is 17.8. The second kappa shape index (κ2) is 12.4. The molecule has 218 valence electrons. The fraction of sp³-hybridized carbons (Fsp3) is 0.294. The molecule has 2 unspecified atom stereocenters. The van der Waals surface area contributed by atoms with Gasteiger partial charge in [-0.25, -0.2) is 9.78 Å². The van der Waals surface area contributed by atoms with Crippen molar-refractivity contribution in [1.82, 2.24) is 4.98 Å². The molecule has 0 fully saturated rings. The lowest BCUT2D eigenvalue weighted by Crippen LogP contribution is -2.41. The Morgan fingerprint density at radius 3 is 2.45 bits per heavy atom. The molecule has 0 radical (unpaired) electrons. The number of rotatable bonds is 11. The lowest BCUT2D eigenvalue weighted by atomic mass is 9.80. The second-order valence-electron chi connectivity index (χ2n) is 10.9. The van der Waals surface area contributed by atoms with Crippen LogP contribution in [-0.2, 0) is 26.0 Å². The first-order valence-electron chi connectivity index (χ1n) is 14.4. The number of aliphatic hydroxyl groups is 1. The van der Waals surface area contributed by atoms with Gasteiger partial charge in [0.25, 0.3) is 10.0 Å². The Balaban J connectivity index is 1.39. The molecule has 3 aromatic carbocycles. The molecule has 1 aromatic heterocycles. The van der Waals surface area contributed by atoms with Crippen molar-refractivity contribution in [1.29, 1.82) is 0 Å². The summed E-state index contributed by atoms with van der Waals surface area (Å²) in [6, 6.07) is 27.5. The summed E-state index contributed by atoms with van der Waals surface area (Å²) < 4.78 is 35.2. The average molecular weight is 585 g/mol. The van der Waals surface area contributed by atoms with Crippen LogP contribution in [0.4, 0.5) is 5.69 Å². The van der Waals surface area contributed by atoms with Crippen LogP contribution < -0.4 is 4.72 Å². The van der Waals surface area contributed by atoms with Crippen molar-refractivity contribution in [2.75, 3.05) is 4.72 Å². The first-order chi connectivity index (χ1) is 20.2. The molecule has 0 aliphatic carbocycles. The zero-order chi connectivity index (χ0) is 29.7. The van der Waals surface area contributed by atoms with Crippen molar-refractivity contribution >= 4 is 32.6 Å². The number of nitrogens with one attached hydrogen (secondary N) is 1. The molecular formula is C34H36N2O5S. The Morgan fingerprint density at radius 2 is 1.71 bits per heavy atom.